The molecule has 0 aliphatic heterocycles. The average Bonchev–Trinajstić information content (AvgIpc) is 3.03. The van der Waals surface area contributed by atoms with Crippen LogP contribution in [0.5, 0.6) is 0 Å². The summed E-state index contributed by atoms with van der Waals surface area (Å²) in [5.74, 6) is -3.33. The minimum absolute atomic E-state index is 0.0291. The van der Waals surface area contributed by atoms with Gasteiger partial charge in [0.1, 0.15) is 5.82 Å². The summed E-state index contributed by atoms with van der Waals surface area (Å²) >= 11 is 5.66. The fourth-order valence-corrected chi connectivity index (χ4v) is 1.75. The summed E-state index contributed by atoms with van der Waals surface area (Å²) in [6.45, 7) is 0. The third kappa shape index (κ3) is 2.55. The van der Waals surface area contributed by atoms with E-state index in [9.17, 15) is 14.0 Å². The lowest BCUT2D eigenvalue weighted by atomic mass is 10.2. The van der Waals surface area contributed by atoms with Crippen molar-refractivity contribution in [1.82, 2.24) is 0 Å². The Labute approximate surface area is 101 Å². The van der Waals surface area contributed by atoms with Crippen LogP contribution in [0.1, 0.15) is 6.42 Å². The summed E-state index contributed by atoms with van der Waals surface area (Å²) in [4.78, 5) is 22.1. The molecule has 0 radical (unpaired) electrons. The van der Waals surface area contributed by atoms with Gasteiger partial charge in [-0.3, -0.25) is 9.59 Å². The van der Waals surface area contributed by atoms with Gasteiger partial charge in [0.15, 0.2) is 0 Å². The van der Waals surface area contributed by atoms with E-state index in [1.807, 2.05) is 0 Å². The van der Waals surface area contributed by atoms with E-state index in [4.69, 9.17) is 16.7 Å². The number of amides is 1. The maximum Gasteiger partial charge on any atom is 0.307 e. The summed E-state index contributed by atoms with van der Waals surface area (Å²) in [5, 5.41) is 11.3. The molecule has 0 spiro atoms. The molecule has 1 fully saturated rings. The van der Waals surface area contributed by atoms with Crippen molar-refractivity contribution >= 4 is 29.2 Å². The Hall–Kier alpha value is -1.62. The fraction of sp³-hybridized carbons (Fsp3) is 0.273. The molecule has 2 N–H and O–H groups in total. The Morgan fingerprint density at radius 1 is 1.41 bits per heavy atom. The van der Waals surface area contributed by atoms with E-state index in [2.05, 4.69) is 5.32 Å². The number of carboxylic acid groups (broad SMARTS) is 1. The smallest absolute Gasteiger partial charge is 0.307 e. The molecule has 0 aromatic heterocycles. The fourth-order valence-electron chi connectivity index (χ4n) is 1.58. The number of halogens is 2. The number of hydrogen-bond donors (Lipinski definition) is 2. The molecule has 1 amide bonds. The van der Waals surface area contributed by atoms with E-state index in [0.717, 1.165) is 6.07 Å². The van der Waals surface area contributed by atoms with E-state index in [-0.39, 0.29) is 5.69 Å². The van der Waals surface area contributed by atoms with Crippen LogP contribution in [0.3, 0.4) is 0 Å². The van der Waals surface area contributed by atoms with Crippen molar-refractivity contribution in [2.75, 3.05) is 5.32 Å². The van der Waals surface area contributed by atoms with Crippen LogP contribution in [-0.2, 0) is 9.59 Å². The van der Waals surface area contributed by atoms with E-state index in [1.165, 1.54) is 12.1 Å². The number of carboxylic acids is 1. The van der Waals surface area contributed by atoms with Gasteiger partial charge in [-0.25, -0.2) is 4.39 Å². The van der Waals surface area contributed by atoms with Crippen LogP contribution in [0.25, 0.3) is 0 Å². The average molecular weight is 258 g/mol. The molecule has 90 valence electrons. The number of rotatable bonds is 3. The zero-order valence-corrected chi connectivity index (χ0v) is 9.37. The molecule has 2 rings (SSSR count). The normalized spacial score (nSPS) is 22.0. The summed E-state index contributed by atoms with van der Waals surface area (Å²) < 4.78 is 13.3. The molecular formula is C11H9ClFNO3. The second-order valence-corrected chi connectivity index (χ2v) is 4.34. The Morgan fingerprint density at radius 3 is 2.71 bits per heavy atom. The highest BCUT2D eigenvalue weighted by molar-refractivity contribution is 6.30. The molecule has 1 aliphatic rings. The zero-order valence-electron chi connectivity index (χ0n) is 8.61. The number of carbonyl (C=O) groups is 2. The lowest BCUT2D eigenvalue weighted by molar-refractivity contribution is -0.139. The van der Waals surface area contributed by atoms with Crippen molar-refractivity contribution in [2.45, 2.75) is 6.42 Å². The van der Waals surface area contributed by atoms with Gasteiger partial charge in [-0.15, -0.1) is 0 Å². The van der Waals surface area contributed by atoms with Crippen LogP contribution in [0, 0.1) is 17.7 Å². The predicted molar refractivity (Wildman–Crippen MR) is 59.3 cm³/mol. The zero-order chi connectivity index (χ0) is 12.6. The van der Waals surface area contributed by atoms with Gasteiger partial charge >= 0.3 is 5.97 Å². The van der Waals surface area contributed by atoms with Gasteiger partial charge in [0.2, 0.25) is 5.91 Å². The minimum atomic E-state index is -1.00. The lowest BCUT2D eigenvalue weighted by Gasteiger charge is -2.05. The maximum absolute atomic E-state index is 13.3. The summed E-state index contributed by atoms with van der Waals surface area (Å²) in [5.41, 5.74) is -0.0291. The first-order valence-corrected chi connectivity index (χ1v) is 5.35. The number of anilines is 1. The maximum atomic E-state index is 13.3. The standard InChI is InChI=1S/C11H9ClFNO3/c12-5-1-2-8(13)9(3-5)14-10(15)6-4-7(6)11(16)17/h1-3,6-7H,4H2,(H,14,15)(H,16,17). The number of hydrogen-bond acceptors (Lipinski definition) is 2. The van der Waals surface area contributed by atoms with E-state index in [0.29, 0.717) is 11.4 Å². The van der Waals surface area contributed by atoms with Gasteiger partial charge in [0, 0.05) is 5.02 Å². The molecule has 4 nitrogen and oxygen atoms in total. The van der Waals surface area contributed by atoms with Crippen molar-refractivity contribution in [1.29, 1.82) is 0 Å². The van der Waals surface area contributed by atoms with Gasteiger partial charge in [0.05, 0.1) is 17.5 Å². The third-order valence-electron chi connectivity index (χ3n) is 2.63. The topological polar surface area (TPSA) is 66.4 Å². The highest BCUT2D eigenvalue weighted by atomic mass is 35.5. The molecule has 1 saturated carbocycles. The molecule has 1 aromatic carbocycles. The van der Waals surface area contributed by atoms with Crippen molar-refractivity contribution in [3.05, 3.63) is 29.0 Å². The molecular weight excluding hydrogens is 249 g/mol. The lowest BCUT2D eigenvalue weighted by Crippen LogP contribution is -2.17. The molecule has 17 heavy (non-hydrogen) atoms. The monoisotopic (exact) mass is 257 g/mol. The van der Waals surface area contributed by atoms with E-state index >= 15 is 0 Å². The van der Waals surface area contributed by atoms with Gasteiger partial charge in [0.25, 0.3) is 0 Å². The first kappa shape index (κ1) is 11.9. The van der Waals surface area contributed by atoms with Crippen LogP contribution in [0.15, 0.2) is 18.2 Å². The first-order chi connectivity index (χ1) is 7.99. The largest absolute Gasteiger partial charge is 0.481 e. The van der Waals surface area contributed by atoms with Crippen LogP contribution in [0.2, 0.25) is 5.02 Å². The van der Waals surface area contributed by atoms with Crippen LogP contribution >= 0.6 is 11.6 Å². The van der Waals surface area contributed by atoms with Gasteiger partial charge in [-0.1, -0.05) is 11.6 Å². The first-order valence-electron chi connectivity index (χ1n) is 4.98. The van der Waals surface area contributed by atoms with Gasteiger partial charge in [-0.2, -0.15) is 0 Å². The second-order valence-electron chi connectivity index (χ2n) is 3.90. The third-order valence-corrected chi connectivity index (χ3v) is 2.87. The Kier molecular flexibility index (Phi) is 3.02. The van der Waals surface area contributed by atoms with Crippen molar-refractivity contribution in [3.8, 4) is 0 Å². The van der Waals surface area contributed by atoms with Gasteiger partial charge in [-0.05, 0) is 24.6 Å². The van der Waals surface area contributed by atoms with Crippen molar-refractivity contribution in [2.24, 2.45) is 11.8 Å². The SMILES string of the molecule is O=C(O)C1CC1C(=O)Nc1cc(Cl)ccc1F. The van der Waals surface area contributed by atoms with E-state index in [1.54, 1.807) is 0 Å². The summed E-state index contributed by atoms with van der Waals surface area (Å²) in [6.07, 6.45) is 0.295. The molecule has 1 aromatic rings. The van der Waals surface area contributed by atoms with Crippen molar-refractivity contribution < 1.29 is 19.1 Å². The number of carbonyl (C=O) groups excluding carboxylic acids is 1. The van der Waals surface area contributed by atoms with Crippen LogP contribution < -0.4 is 5.32 Å². The van der Waals surface area contributed by atoms with Gasteiger partial charge < -0.3 is 10.4 Å². The summed E-state index contributed by atoms with van der Waals surface area (Å²) in [6, 6.07) is 3.79. The molecule has 2 atom stereocenters. The quantitative estimate of drug-likeness (QED) is 0.872. The molecule has 0 heterocycles. The molecule has 6 heteroatoms. The van der Waals surface area contributed by atoms with Crippen LogP contribution in [-0.4, -0.2) is 17.0 Å². The highest BCUT2D eigenvalue weighted by Gasteiger charge is 2.48. The Bertz CT molecular complexity index is 492. The van der Waals surface area contributed by atoms with E-state index < -0.39 is 29.5 Å². The predicted octanol–water partition coefficient (Wildman–Crippen LogP) is 2.14. The minimum Gasteiger partial charge on any atom is -0.481 e. The number of aliphatic carboxylic acids is 1. The summed E-state index contributed by atoms with van der Waals surface area (Å²) in [7, 11) is 0. The number of benzene rings is 1. The highest BCUT2D eigenvalue weighted by Crippen LogP contribution is 2.39. The molecule has 2 unspecified atom stereocenters. The Morgan fingerprint density at radius 2 is 2.12 bits per heavy atom. The molecule has 1 aliphatic carbocycles. The number of nitrogens with one attached hydrogen (secondary N) is 1. The van der Waals surface area contributed by atoms with Crippen LogP contribution in [0.4, 0.5) is 10.1 Å². The Balaban J connectivity index is 2.04. The molecule has 0 saturated heterocycles. The van der Waals surface area contributed by atoms with Crippen molar-refractivity contribution in [3.63, 3.8) is 0 Å². The second kappa shape index (κ2) is 4.33. The molecule has 0 bridgehead atoms.